The van der Waals surface area contributed by atoms with Crippen molar-refractivity contribution in [2.45, 2.75) is 94.2 Å². The first-order valence-corrected chi connectivity index (χ1v) is 22.9. The molecule has 0 bridgehead atoms. The van der Waals surface area contributed by atoms with Gasteiger partial charge in [0.1, 0.15) is 29.3 Å². The fraction of sp³-hybridized carbons (Fsp3) is 0.479. The third-order valence-corrected chi connectivity index (χ3v) is 12.4. The number of hydrogen-bond donors (Lipinski definition) is 3. The quantitative estimate of drug-likeness (QED) is 0.0392. The number of likely N-dealkylation sites (tertiary alicyclic amines) is 1. The standard InChI is InChI=1S/C28H36N4O8.C20H23N3O7/c1-5-8-9-10-15-30(4)27(36)31-18-22(40-25(34)19-11-13-21(14-12-19)32(37)38)16-23(31)24(33)29-28(17-20(28)6-2)26(35)39-7-3;1-3-13-10-20(13,19(26)29-4-2)22-17(24)16-9-15(11-21-16)30-18(25)12-5-7-14(8-6-12)23(27)28/h5-6,11-14,20,22-23H,1-2,7-10,15-18H2,3-4H3,(H,29,33);3,5-8,13,15-16,21H,1,4,9-11H2,2H3,(H,22,24)/t20-,22+,23+,28-;13-,15+,16+,20-/m11/s1. The number of nitro groups is 2. The van der Waals surface area contributed by atoms with Gasteiger partial charge in [0.2, 0.25) is 11.8 Å². The largest absolute Gasteiger partial charge is 0.464 e. The molecule has 376 valence electrons. The summed E-state index contributed by atoms with van der Waals surface area (Å²) in [6.07, 6.45) is 7.08. The van der Waals surface area contributed by atoms with Gasteiger partial charge >= 0.3 is 29.9 Å². The van der Waals surface area contributed by atoms with Crippen molar-refractivity contribution in [2.24, 2.45) is 11.8 Å². The zero-order valence-electron chi connectivity index (χ0n) is 39.3. The van der Waals surface area contributed by atoms with E-state index in [1.54, 1.807) is 39.1 Å². The van der Waals surface area contributed by atoms with Crippen molar-refractivity contribution in [1.82, 2.24) is 25.8 Å². The van der Waals surface area contributed by atoms with Gasteiger partial charge in [0.25, 0.3) is 11.4 Å². The van der Waals surface area contributed by atoms with E-state index in [1.165, 1.54) is 58.3 Å². The maximum atomic E-state index is 13.5. The van der Waals surface area contributed by atoms with Crippen LogP contribution in [0.5, 0.6) is 0 Å². The molecule has 3 N–H and O–H groups in total. The smallest absolute Gasteiger partial charge is 0.338 e. The number of hydrogen-bond acceptors (Lipinski definition) is 16. The van der Waals surface area contributed by atoms with Gasteiger partial charge in [-0.25, -0.2) is 24.0 Å². The molecule has 4 fully saturated rings. The minimum atomic E-state index is -1.24. The lowest BCUT2D eigenvalue weighted by Crippen LogP contribution is -2.55. The van der Waals surface area contributed by atoms with Crippen LogP contribution in [0.15, 0.2) is 86.5 Å². The van der Waals surface area contributed by atoms with E-state index in [-0.39, 0.29) is 79.4 Å². The molecule has 0 aromatic heterocycles. The molecule has 2 saturated carbocycles. The number of nitrogens with one attached hydrogen (secondary N) is 3. The Balaban J connectivity index is 0.000000271. The van der Waals surface area contributed by atoms with E-state index in [4.69, 9.17) is 18.9 Å². The number of unbranched alkanes of at least 4 members (excludes halogenated alkanes) is 2. The first kappa shape index (κ1) is 53.5. The predicted molar refractivity (Wildman–Crippen MR) is 250 cm³/mol. The van der Waals surface area contributed by atoms with Crippen molar-refractivity contribution < 1.29 is 62.4 Å². The van der Waals surface area contributed by atoms with Crippen LogP contribution in [0.25, 0.3) is 0 Å². The van der Waals surface area contributed by atoms with Gasteiger partial charge in [0, 0.05) is 69.1 Å². The van der Waals surface area contributed by atoms with Gasteiger partial charge in [-0.3, -0.25) is 29.8 Å². The minimum Gasteiger partial charge on any atom is -0.464 e. The van der Waals surface area contributed by atoms with Crippen LogP contribution in [0.3, 0.4) is 0 Å². The summed E-state index contributed by atoms with van der Waals surface area (Å²) in [7, 11) is 1.64. The molecule has 2 saturated heterocycles. The number of nitro benzene ring substituents is 2. The summed E-state index contributed by atoms with van der Waals surface area (Å²) in [4.78, 5) is 113. The molecule has 4 aliphatic rings. The van der Waals surface area contributed by atoms with E-state index in [9.17, 15) is 53.8 Å². The topological polar surface area (TPSA) is 285 Å². The Bertz CT molecular complexity index is 2340. The third-order valence-electron chi connectivity index (χ3n) is 12.4. The molecule has 2 aromatic carbocycles. The number of amides is 4. The number of non-ortho nitro benzene ring substituents is 2. The van der Waals surface area contributed by atoms with Crippen LogP contribution in [0.4, 0.5) is 16.2 Å². The Kier molecular flexibility index (Phi) is 18.1. The zero-order valence-corrected chi connectivity index (χ0v) is 39.3. The molecule has 2 aromatic rings. The van der Waals surface area contributed by atoms with Crippen LogP contribution in [0.1, 0.15) is 79.5 Å². The van der Waals surface area contributed by atoms with Gasteiger partial charge in [0.05, 0.1) is 46.8 Å². The highest BCUT2D eigenvalue weighted by atomic mass is 16.6. The second-order valence-corrected chi connectivity index (χ2v) is 17.2. The molecule has 0 unspecified atom stereocenters. The Morgan fingerprint density at radius 3 is 1.69 bits per heavy atom. The number of carbonyl (C=O) groups excluding carboxylic acids is 7. The van der Waals surface area contributed by atoms with E-state index in [2.05, 4.69) is 35.7 Å². The fourth-order valence-electron chi connectivity index (χ4n) is 8.30. The molecule has 4 amide bonds. The highest BCUT2D eigenvalue weighted by Gasteiger charge is 2.63. The van der Waals surface area contributed by atoms with Crippen LogP contribution in [-0.2, 0) is 38.1 Å². The van der Waals surface area contributed by atoms with Gasteiger partial charge in [0.15, 0.2) is 0 Å². The average Bonchev–Trinajstić information content (AvgIpc) is 4.11. The molecule has 2 heterocycles. The third kappa shape index (κ3) is 12.8. The maximum Gasteiger partial charge on any atom is 0.338 e. The lowest BCUT2D eigenvalue weighted by Gasteiger charge is -2.29. The van der Waals surface area contributed by atoms with Crippen molar-refractivity contribution in [3.05, 3.63) is 118 Å². The number of urea groups is 1. The number of ether oxygens (including phenoxy) is 4. The summed E-state index contributed by atoms with van der Waals surface area (Å²) < 4.78 is 21.3. The summed E-state index contributed by atoms with van der Waals surface area (Å²) in [5, 5.41) is 30.1. The second-order valence-electron chi connectivity index (χ2n) is 17.2. The summed E-state index contributed by atoms with van der Waals surface area (Å²) in [5.74, 6) is -3.83. The molecular weight excluding hydrogens is 915 g/mol. The summed E-state index contributed by atoms with van der Waals surface area (Å²) in [5.41, 5.74) is -2.34. The monoisotopic (exact) mass is 973 g/mol. The molecule has 22 nitrogen and oxygen atoms in total. The van der Waals surface area contributed by atoms with E-state index in [0.717, 1.165) is 19.3 Å². The normalized spacial score (nSPS) is 24.8. The maximum absolute atomic E-state index is 13.5. The van der Waals surface area contributed by atoms with Crippen LogP contribution in [-0.4, -0.2) is 137 Å². The zero-order chi connectivity index (χ0) is 51.3. The fourth-order valence-corrected chi connectivity index (χ4v) is 8.30. The minimum absolute atomic E-state index is 0.0122. The Hall–Kier alpha value is -7.49. The highest BCUT2D eigenvalue weighted by Crippen LogP contribution is 2.46. The Morgan fingerprint density at radius 2 is 1.24 bits per heavy atom. The molecule has 8 atom stereocenters. The van der Waals surface area contributed by atoms with E-state index >= 15 is 0 Å². The highest BCUT2D eigenvalue weighted by molar-refractivity contribution is 5.96. The van der Waals surface area contributed by atoms with Crippen molar-refractivity contribution in [3.63, 3.8) is 0 Å². The number of rotatable bonds is 21. The van der Waals surface area contributed by atoms with Crippen LogP contribution >= 0.6 is 0 Å². The van der Waals surface area contributed by atoms with Gasteiger partial charge in [-0.2, -0.15) is 0 Å². The first-order chi connectivity index (χ1) is 33.4. The number of carbonyl (C=O) groups is 7. The predicted octanol–water partition coefficient (Wildman–Crippen LogP) is 4.33. The van der Waals surface area contributed by atoms with Gasteiger partial charge in [-0.15, -0.1) is 19.7 Å². The molecule has 2 aliphatic heterocycles. The van der Waals surface area contributed by atoms with E-state index < -0.39 is 81.0 Å². The number of nitrogens with zero attached hydrogens (tertiary/aromatic N) is 4. The molecule has 70 heavy (non-hydrogen) atoms. The van der Waals surface area contributed by atoms with Crippen molar-refractivity contribution in [3.8, 4) is 0 Å². The number of esters is 4. The van der Waals surface area contributed by atoms with Crippen molar-refractivity contribution in [2.75, 3.05) is 39.9 Å². The first-order valence-electron chi connectivity index (χ1n) is 22.9. The molecular formula is C48H59N7O15. The molecule has 22 heteroatoms. The summed E-state index contributed by atoms with van der Waals surface area (Å²) in [6, 6.07) is 7.99. The van der Waals surface area contributed by atoms with E-state index in [1.807, 2.05) is 0 Å². The van der Waals surface area contributed by atoms with Gasteiger partial charge < -0.3 is 44.7 Å². The Labute approximate surface area is 404 Å². The van der Waals surface area contributed by atoms with Crippen LogP contribution in [0.2, 0.25) is 0 Å². The number of benzene rings is 2. The van der Waals surface area contributed by atoms with Crippen molar-refractivity contribution in [1.29, 1.82) is 0 Å². The lowest BCUT2D eigenvalue weighted by molar-refractivity contribution is -0.385. The van der Waals surface area contributed by atoms with Crippen molar-refractivity contribution >= 4 is 53.1 Å². The SMILES string of the molecule is C=CCCCCN(C)C(=O)N1C[C@@H](OC(=O)c2ccc([N+](=O)[O-])cc2)C[C@H]1C(=O)N[C@]1(C(=O)OCC)C[C@H]1C=C.C=C[C@@H]1C[C@]1(NC(=O)[C@@H]1C[C@H](OC(=O)c2ccc([N+](=O)[O-])cc2)CN1)C(=O)OCC. The average molecular weight is 974 g/mol. The second kappa shape index (κ2) is 23.7. The van der Waals surface area contributed by atoms with Crippen LogP contribution < -0.4 is 16.0 Å². The molecule has 0 spiro atoms. The van der Waals surface area contributed by atoms with Gasteiger partial charge in [-0.1, -0.05) is 18.2 Å². The van der Waals surface area contributed by atoms with Crippen LogP contribution in [0, 0.1) is 32.1 Å². The molecule has 6 rings (SSSR count). The van der Waals surface area contributed by atoms with Gasteiger partial charge in [-0.05, 0) is 70.2 Å². The lowest BCUT2D eigenvalue weighted by atomic mass is 10.1. The number of allylic oxidation sites excluding steroid dienone is 1. The van der Waals surface area contributed by atoms with E-state index in [0.29, 0.717) is 19.4 Å². The summed E-state index contributed by atoms with van der Waals surface area (Å²) in [6.45, 7) is 15.5. The Morgan fingerprint density at radius 1 is 0.757 bits per heavy atom. The summed E-state index contributed by atoms with van der Waals surface area (Å²) >= 11 is 0. The molecule has 0 radical (unpaired) electrons. The molecule has 2 aliphatic carbocycles.